The van der Waals surface area contributed by atoms with Crippen LogP contribution in [0.5, 0.6) is 0 Å². The number of carbonyl (C=O) groups excluding carboxylic acids is 1. The molecule has 1 amide bonds. The van der Waals surface area contributed by atoms with Crippen LogP contribution in [0.3, 0.4) is 0 Å². The zero-order valence-corrected chi connectivity index (χ0v) is 12.3. The summed E-state index contributed by atoms with van der Waals surface area (Å²) in [7, 11) is 0. The van der Waals surface area contributed by atoms with E-state index in [4.69, 9.17) is 0 Å². The largest absolute Gasteiger partial charge is 0.351 e. The number of nitrogens with one attached hydrogen (secondary N) is 2. The van der Waals surface area contributed by atoms with Crippen LogP contribution < -0.4 is 10.6 Å². The van der Waals surface area contributed by atoms with Crippen LogP contribution >= 0.6 is 11.3 Å². The van der Waals surface area contributed by atoms with Gasteiger partial charge in [0.05, 0.1) is 6.04 Å². The van der Waals surface area contributed by atoms with E-state index in [-0.39, 0.29) is 11.9 Å². The molecule has 1 atom stereocenters. The molecule has 0 saturated heterocycles. The topological polar surface area (TPSA) is 41.1 Å². The Hall–Kier alpha value is -1.65. The lowest BCUT2D eigenvalue weighted by molar-refractivity contribution is -0.123. The molecule has 0 spiro atoms. The highest BCUT2D eigenvalue weighted by molar-refractivity contribution is 7.08. The van der Waals surface area contributed by atoms with E-state index in [0.29, 0.717) is 6.54 Å². The van der Waals surface area contributed by atoms with E-state index in [9.17, 15) is 4.79 Å². The first kappa shape index (κ1) is 13.3. The van der Waals surface area contributed by atoms with Gasteiger partial charge in [-0.15, -0.1) is 0 Å². The zero-order valence-electron chi connectivity index (χ0n) is 11.5. The Morgan fingerprint density at radius 2 is 2.15 bits per heavy atom. The SMILES string of the molecule is Cc1cscc1CNC(=O)[C@H]1Cc2ccccc2CN1. The maximum absolute atomic E-state index is 12.2. The predicted molar refractivity (Wildman–Crippen MR) is 81.7 cm³/mol. The van der Waals surface area contributed by atoms with Crippen molar-refractivity contribution in [3.63, 3.8) is 0 Å². The van der Waals surface area contributed by atoms with E-state index in [0.717, 1.165) is 13.0 Å². The molecule has 0 fully saturated rings. The van der Waals surface area contributed by atoms with E-state index >= 15 is 0 Å². The van der Waals surface area contributed by atoms with Gasteiger partial charge in [-0.25, -0.2) is 0 Å². The molecule has 0 unspecified atom stereocenters. The van der Waals surface area contributed by atoms with Crippen molar-refractivity contribution in [2.75, 3.05) is 0 Å². The van der Waals surface area contributed by atoms with Gasteiger partial charge in [-0.3, -0.25) is 4.79 Å². The summed E-state index contributed by atoms with van der Waals surface area (Å²) in [6.07, 6.45) is 0.768. The van der Waals surface area contributed by atoms with Crippen molar-refractivity contribution in [3.8, 4) is 0 Å². The number of fused-ring (bicyclic) bond motifs is 1. The smallest absolute Gasteiger partial charge is 0.237 e. The Morgan fingerprint density at radius 1 is 1.35 bits per heavy atom. The summed E-state index contributed by atoms with van der Waals surface area (Å²) >= 11 is 1.68. The van der Waals surface area contributed by atoms with Gasteiger partial charge >= 0.3 is 0 Å². The van der Waals surface area contributed by atoms with Crippen LogP contribution in [-0.2, 0) is 24.3 Å². The molecule has 0 saturated carbocycles. The quantitative estimate of drug-likeness (QED) is 0.909. The fourth-order valence-electron chi connectivity index (χ4n) is 2.51. The van der Waals surface area contributed by atoms with E-state index in [2.05, 4.69) is 40.5 Å². The number of amides is 1. The minimum absolute atomic E-state index is 0.0881. The Labute approximate surface area is 123 Å². The molecule has 4 heteroatoms. The maximum Gasteiger partial charge on any atom is 0.237 e. The van der Waals surface area contributed by atoms with Crippen LogP contribution in [0.2, 0.25) is 0 Å². The van der Waals surface area contributed by atoms with Crippen molar-refractivity contribution >= 4 is 17.2 Å². The third-order valence-electron chi connectivity index (χ3n) is 3.81. The van der Waals surface area contributed by atoms with Gasteiger partial charge in [0.15, 0.2) is 0 Å². The second-order valence-corrected chi connectivity index (χ2v) is 5.95. The van der Waals surface area contributed by atoms with Crippen LogP contribution in [0.15, 0.2) is 35.0 Å². The molecule has 20 heavy (non-hydrogen) atoms. The average Bonchev–Trinajstić information content (AvgIpc) is 2.89. The summed E-state index contributed by atoms with van der Waals surface area (Å²) < 4.78 is 0. The number of thiophene rings is 1. The normalized spacial score (nSPS) is 17.6. The molecule has 0 bridgehead atoms. The van der Waals surface area contributed by atoms with Crippen molar-refractivity contribution < 1.29 is 4.79 Å². The van der Waals surface area contributed by atoms with Crippen LogP contribution in [0.1, 0.15) is 22.3 Å². The summed E-state index contributed by atoms with van der Waals surface area (Å²) in [4.78, 5) is 12.2. The molecule has 1 aromatic carbocycles. The number of carbonyl (C=O) groups is 1. The molecular weight excluding hydrogens is 268 g/mol. The van der Waals surface area contributed by atoms with Crippen molar-refractivity contribution in [3.05, 3.63) is 57.3 Å². The Bertz CT molecular complexity index is 620. The number of rotatable bonds is 3. The van der Waals surface area contributed by atoms with Crippen molar-refractivity contribution in [2.24, 2.45) is 0 Å². The number of hydrogen-bond donors (Lipinski definition) is 2. The van der Waals surface area contributed by atoms with E-state index in [1.165, 1.54) is 22.3 Å². The fourth-order valence-corrected chi connectivity index (χ4v) is 3.37. The van der Waals surface area contributed by atoms with E-state index in [1.54, 1.807) is 11.3 Å². The van der Waals surface area contributed by atoms with Crippen LogP contribution in [0, 0.1) is 6.92 Å². The summed E-state index contributed by atoms with van der Waals surface area (Å²) in [5, 5.41) is 10.5. The summed E-state index contributed by atoms with van der Waals surface area (Å²) in [5.74, 6) is 0.0881. The third kappa shape index (κ3) is 2.76. The lowest BCUT2D eigenvalue weighted by Crippen LogP contribution is -2.47. The molecule has 3 rings (SSSR count). The van der Waals surface area contributed by atoms with Gasteiger partial charge in [0.2, 0.25) is 5.91 Å². The zero-order chi connectivity index (χ0) is 13.9. The minimum atomic E-state index is -0.121. The number of hydrogen-bond acceptors (Lipinski definition) is 3. The summed E-state index contributed by atoms with van der Waals surface area (Å²) in [6, 6.07) is 8.18. The first-order valence-corrected chi connectivity index (χ1v) is 7.78. The van der Waals surface area contributed by atoms with Gasteiger partial charge in [0, 0.05) is 13.1 Å². The van der Waals surface area contributed by atoms with Crippen molar-refractivity contribution in [1.29, 1.82) is 0 Å². The molecule has 2 heterocycles. The molecule has 2 N–H and O–H groups in total. The summed E-state index contributed by atoms with van der Waals surface area (Å²) in [5.41, 5.74) is 5.03. The molecule has 2 aromatic rings. The van der Waals surface area contributed by atoms with Gasteiger partial charge in [0.1, 0.15) is 0 Å². The number of benzene rings is 1. The Kier molecular flexibility index (Phi) is 3.85. The van der Waals surface area contributed by atoms with Gasteiger partial charge in [-0.2, -0.15) is 11.3 Å². The monoisotopic (exact) mass is 286 g/mol. The number of aryl methyl sites for hydroxylation is 1. The minimum Gasteiger partial charge on any atom is -0.351 e. The van der Waals surface area contributed by atoms with Crippen molar-refractivity contribution in [2.45, 2.75) is 32.5 Å². The second-order valence-electron chi connectivity index (χ2n) is 5.20. The Balaban J connectivity index is 1.60. The Morgan fingerprint density at radius 3 is 2.90 bits per heavy atom. The van der Waals surface area contributed by atoms with E-state index < -0.39 is 0 Å². The fraction of sp³-hybridized carbons (Fsp3) is 0.312. The third-order valence-corrected chi connectivity index (χ3v) is 4.72. The van der Waals surface area contributed by atoms with Gasteiger partial charge < -0.3 is 10.6 Å². The molecule has 1 aromatic heterocycles. The lowest BCUT2D eigenvalue weighted by Gasteiger charge is -2.25. The van der Waals surface area contributed by atoms with E-state index in [1.807, 2.05) is 12.1 Å². The van der Waals surface area contributed by atoms with Gasteiger partial charge in [-0.05, 0) is 46.4 Å². The molecular formula is C16H18N2OS. The predicted octanol–water partition coefficient (Wildman–Crippen LogP) is 2.39. The highest BCUT2D eigenvalue weighted by Gasteiger charge is 2.23. The molecule has 1 aliphatic heterocycles. The highest BCUT2D eigenvalue weighted by Crippen LogP contribution is 2.17. The first-order valence-electron chi connectivity index (χ1n) is 6.83. The average molecular weight is 286 g/mol. The maximum atomic E-state index is 12.2. The molecule has 3 nitrogen and oxygen atoms in total. The van der Waals surface area contributed by atoms with Crippen LogP contribution in [0.25, 0.3) is 0 Å². The van der Waals surface area contributed by atoms with Crippen LogP contribution in [0.4, 0.5) is 0 Å². The highest BCUT2D eigenvalue weighted by atomic mass is 32.1. The first-order chi connectivity index (χ1) is 9.74. The molecule has 0 aliphatic carbocycles. The standard InChI is InChI=1S/C16H18N2OS/c1-11-9-20-10-14(11)8-18-16(19)15-6-12-4-2-3-5-13(12)7-17-15/h2-5,9-10,15,17H,6-8H2,1H3,(H,18,19)/t15-/m1/s1. The molecule has 1 aliphatic rings. The molecule has 0 radical (unpaired) electrons. The van der Waals surface area contributed by atoms with Crippen LogP contribution in [-0.4, -0.2) is 11.9 Å². The van der Waals surface area contributed by atoms with Gasteiger partial charge in [-0.1, -0.05) is 24.3 Å². The second kappa shape index (κ2) is 5.77. The lowest BCUT2D eigenvalue weighted by atomic mass is 9.95. The molecule has 104 valence electrons. The van der Waals surface area contributed by atoms with Gasteiger partial charge in [0.25, 0.3) is 0 Å². The summed E-state index contributed by atoms with van der Waals surface area (Å²) in [6.45, 7) is 3.47. The van der Waals surface area contributed by atoms with Crippen molar-refractivity contribution in [1.82, 2.24) is 10.6 Å².